The van der Waals surface area contributed by atoms with Gasteiger partial charge in [0.1, 0.15) is 5.82 Å². The Balaban J connectivity index is 2.32. The zero-order valence-electron chi connectivity index (χ0n) is 10.9. The highest BCUT2D eigenvalue weighted by Gasteiger charge is 2.12. The fourth-order valence-corrected chi connectivity index (χ4v) is 2.82. The Morgan fingerprint density at radius 3 is 2.45 bits per heavy atom. The molecule has 2 aromatic carbocycles. The summed E-state index contributed by atoms with van der Waals surface area (Å²) in [5, 5.41) is 0. The molecule has 5 heteroatoms. The number of rotatable bonds is 4. The van der Waals surface area contributed by atoms with Gasteiger partial charge in [0.15, 0.2) is 11.6 Å². The van der Waals surface area contributed by atoms with Crippen molar-refractivity contribution in [2.24, 2.45) is 5.73 Å². The van der Waals surface area contributed by atoms with Crippen LogP contribution in [-0.2, 0) is 6.42 Å². The summed E-state index contributed by atoms with van der Waals surface area (Å²) in [7, 11) is 0. The second kappa shape index (κ2) is 6.33. The van der Waals surface area contributed by atoms with E-state index in [-0.39, 0.29) is 11.9 Å². The van der Waals surface area contributed by atoms with Crippen molar-refractivity contribution in [1.29, 1.82) is 0 Å². The van der Waals surface area contributed by atoms with Gasteiger partial charge in [-0.25, -0.2) is 13.2 Å². The zero-order valence-corrected chi connectivity index (χ0v) is 11.7. The normalized spacial score (nSPS) is 12.4. The molecule has 2 rings (SSSR count). The molecular formula is C15H14F3NS. The smallest absolute Gasteiger partial charge is 0.159 e. The van der Waals surface area contributed by atoms with E-state index >= 15 is 0 Å². The molecule has 0 saturated heterocycles. The van der Waals surface area contributed by atoms with Gasteiger partial charge >= 0.3 is 0 Å². The highest BCUT2D eigenvalue weighted by molar-refractivity contribution is 7.99. The van der Waals surface area contributed by atoms with Gasteiger partial charge in [-0.05, 0) is 43.7 Å². The fraction of sp³-hybridized carbons (Fsp3) is 0.200. The van der Waals surface area contributed by atoms with Crippen LogP contribution >= 0.6 is 11.8 Å². The average Bonchev–Trinajstić information content (AvgIpc) is 2.38. The molecule has 0 bridgehead atoms. The minimum atomic E-state index is -0.917. The summed E-state index contributed by atoms with van der Waals surface area (Å²) in [6.45, 7) is 1.79. The molecule has 0 spiro atoms. The molecule has 0 amide bonds. The second-order valence-electron chi connectivity index (χ2n) is 4.58. The predicted molar refractivity (Wildman–Crippen MR) is 74.2 cm³/mol. The second-order valence-corrected chi connectivity index (χ2v) is 5.69. The largest absolute Gasteiger partial charge is 0.328 e. The molecule has 2 aromatic rings. The van der Waals surface area contributed by atoms with Gasteiger partial charge in [0.05, 0.1) is 0 Å². The Kier molecular flexibility index (Phi) is 4.73. The van der Waals surface area contributed by atoms with Crippen molar-refractivity contribution < 1.29 is 13.2 Å². The lowest BCUT2D eigenvalue weighted by Crippen LogP contribution is -2.19. The topological polar surface area (TPSA) is 26.0 Å². The van der Waals surface area contributed by atoms with E-state index in [4.69, 9.17) is 5.73 Å². The standard InChI is InChI=1S/C15H14F3NS/c1-9(19)7-11-12(16)3-2-4-15(11)20-10-5-6-13(17)14(18)8-10/h2-6,8-9H,7,19H2,1H3. The third kappa shape index (κ3) is 3.55. The monoisotopic (exact) mass is 297 g/mol. The summed E-state index contributed by atoms with van der Waals surface area (Å²) in [6.07, 6.45) is 0.388. The first-order chi connectivity index (χ1) is 9.47. The minimum absolute atomic E-state index is 0.184. The molecule has 0 saturated carbocycles. The van der Waals surface area contributed by atoms with Crippen LogP contribution in [-0.4, -0.2) is 6.04 Å². The Labute approximate surface area is 120 Å². The predicted octanol–water partition coefficient (Wildman–Crippen LogP) is 4.14. The Morgan fingerprint density at radius 2 is 1.80 bits per heavy atom. The van der Waals surface area contributed by atoms with Gasteiger partial charge in [-0.2, -0.15) is 0 Å². The quantitative estimate of drug-likeness (QED) is 0.917. The van der Waals surface area contributed by atoms with Crippen molar-refractivity contribution in [2.45, 2.75) is 29.2 Å². The SMILES string of the molecule is CC(N)Cc1c(F)cccc1Sc1ccc(F)c(F)c1. The van der Waals surface area contributed by atoms with Crippen molar-refractivity contribution in [3.05, 3.63) is 59.4 Å². The highest BCUT2D eigenvalue weighted by Crippen LogP contribution is 2.32. The lowest BCUT2D eigenvalue weighted by Gasteiger charge is -2.12. The highest BCUT2D eigenvalue weighted by atomic mass is 32.2. The van der Waals surface area contributed by atoms with Gasteiger partial charge in [0.25, 0.3) is 0 Å². The molecule has 106 valence electrons. The van der Waals surface area contributed by atoms with Gasteiger partial charge in [0.2, 0.25) is 0 Å². The number of halogens is 3. The maximum atomic E-state index is 13.9. The number of nitrogens with two attached hydrogens (primary N) is 1. The van der Waals surface area contributed by atoms with E-state index in [0.29, 0.717) is 21.8 Å². The zero-order chi connectivity index (χ0) is 14.7. The first kappa shape index (κ1) is 14.9. The Morgan fingerprint density at radius 1 is 1.05 bits per heavy atom. The first-order valence-electron chi connectivity index (χ1n) is 6.13. The lowest BCUT2D eigenvalue weighted by molar-refractivity contribution is 0.506. The van der Waals surface area contributed by atoms with E-state index in [0.717, 1.165) is 12.1 Å². The van der Waals surface area contributed by atoms with Crippen LogP contribution in [0.25, 0.3) is 0 Å². The average molecular weight is 297 g/mol. The summed E-state index contributed by atoms with van der Waals surface area (Å²) in [5.74, 6) is -2.15. The summed E-state index contributed by atoms with van der Waals surface area (Å²) in [5.41, 5.74) is 6.21. The molecule has 0 fully saturated rings. The Bertz CT molecular complexity index is 614. The molecule has 0 aromatic heterocycles. The molecule has 0 heterocycles. The van der Waals surface area contributed by atoms with Crippen molar-refractivity contribution in [2.75, 3.05) is 0 Å². The van der Waals surface area contributed by atoms with Crippen LogP contribution in [0.15, 0.2) is 46.2 Å². The maximum absolute atomic E-state index is 13.9. The van der Waals surface area contributed by atoms with Crippen LogP contribution in [0.3, 0.4) is 0 Å². The third-order valence-corrected chi connectivity index (χ3v) is 3.81. The van der Waals surface area contributed by atoms with Crippen LogP contribution in [0.5, 0.6) is 0 Å². The third-order valence-electron chi connectivity index (χ3n) is 2.72. The summed E-state index contributed by atoms with van der Waals surface area (Å²) in [6, 6.07) is 8.13. The maximum Gasteiger partial charge on any atom is 0.159 e. The van der Waals surface area contributed by atoms with E-state index < -0.39 is 11.6 Å². The molecule has 1 atom stereocenters. The molecule has 20 heavy (non-hydrogen) atoms. The van der Waals surface area contributed by atoms with Crippen molar-refractivity contribution in [3.8, 4) is 0 Å². The first-order valence-corrected chi connectivity index (χ1v) is 6.95. The van der Waals surface area contributed by atoms with Crippen molar-refractivity contribution >= 4 is 11.8 Å². The van der Waals surface area contributed by atoms with Crippen LogP contribution < -0.4 is 5.73 Å². The van der Waals surface area contributed by atoms with E-state index in [1.807, 2.05) is 0 Å². The van der Waals surface area contributed by atoms with Gasteiger partial charge < -0.3 is 5.73 Å². The summed E-state index contributed by atoms with van der Waals surface area (Å²) < 4.78 is 39.9. The van der Waals surface area contributed by atoms with Gasteiger partial charge in [-0.3, -0.25) is 0 Å². The molecule has 1 nitrogen and oxygen atoms in total. The summed E-state index contributed by atoms with van der Waals surface area (Å²) >= 11 is 1.19. The van der Waals surface area contributed by atoms with Crippen molar-refractivity contribution in [3.63, 3.8) is 0 Å². The van der Waals surface area contributed by atoms with Gasteiger partial charge in [-0.1, -0.05) is 17.8 Å². The van der Waals surface area contributed by atoms with Crippen LogP contribution in [0.2, 0.25) is 0 Å². The number of benzene rings is 2. The minimum Gasteiger partial charge on any atom is -0.328 e. The lowest BCUT2D eigenvalue weighted by atomic mass is 10.1. The number of hydrogen-bond acceptors (Lipinski definition) is 2. The molecule has 0 aliphatic heterocycles. The van der Waals surface area contributed by atoms with Crippen LogP contribution in [0, 0.1) is 17.5 Å². The molecule has 0 aliphatic carbocycles. The Hall–Kier alpha value is -1.46. The summed E-state index contributed by atoms with van der Waals surface area (Å²) in [4.78, 5) is 1.17. The molecule has 0 aliphatic rings. The van der Waals surface area contributed by atoms with Crippen LogP contribution in [0.4, 0.5) is 13.2 Å². The number of hydrogen-bond donors (Lipinski definition) is 1. The molecule has 2 N–H and O–H groups in total. The molecular weight excluding hydrogens is 283 g/mol. The van der Waals surface area contributed by atoms with Gasteiger partial charge in [-0.15, -0.1) is 0 Å². The van der Waals surface area contributed by atoms with Crippen molar-refractivity contribution in [1.82, 2.24) is 0 Å². The molecule has 1 unspecified atom stereocenters. The van der Waals surface area contributed by atoms with E-state index in [1.165, 1.54) is 23.9 Å². The molecule has 0 radical (unpaired) electrons. The van der Waals surface area contributed by atoms with E-state index in [1.54, 1.807) is 19.1 Å². The fourth-order valence-electron chi connectivity index (χ4n) is 1.82. The van der Waals surface area contributed by atoms with Crippen LogP contribution in [0.1, 0.15) is 12.5 Å². The van der Waals surface area contributed by atoms with E-state index in [9.17, 15) is 13.2 Å². The van der Waals surface area contributed by atoms with Gasteiger partial charge in [0, 0.05) is 21.4 Å². The van der Waals surface area contributed by atoms with E-state index in [2.05, 4.69) is 0 Å².